The molecule has 25 heavy (non-hydrogen) atoms. The van der Waals surface area contributed by atoms with Crippen molar-refractivity contribution in [1.29, 1.82) is 0 Å². The number of hydrogen-bond donors (Lipinski definition) is 1. The van der Waals surface area contributed by atoms with E-state index < -0.39 is 0 Å². The number of hydrogen-bond acceptors (Lipinski definition) is 5. The highest BCUT2D eigenvalue weighted by molar-refractivity contribution is 5.63. The van der Waals surface area contributed by atoms with Crippen LogP contribution in [0.5, 0.6) is 0 Å². The van der Waals surface area contributed by atoms with E-state index in [1.165, 1.54) is 11.1 Å². The van der Waals surface area contributed by atoms with Gasteiger partial charge in [-0.3, -0.25) is 0 Å². The topological polar surface area (TPSA) is 53.9 Å². The van der Waals surface area contributed by atoms with Gasteiger partial charge in [0.25, 0.3) is 0 Å². The fourth-order valence-corrected chi connectivity index (χ4v) is 2.82. The molecule has 5 nitrogen and oxygen atoms in total. The number of rotatable bonds is 5. The molecule has 1 heterocycles. The summed E-state index contributed by atoms with van der Waals surface area (Å²) in [5, 5.41) is 11.5. The first kappa shape index (κ1) is 16.9. The van der Waals surface area contributed by atoms with Crippen LogP contribution < -0.4 is 10.2 Å². The maximum atomic E-state index is 4.65. The first-order valence-electron chi connectivity index (χ1n) is 8.45. The molecule has 0 bridgehead atoms. The lowest BCUT2D eigenvalue weighted by atomic mass is 10.1. The van der Waals surface area contributed by atoms with Crippen LogP contribution in [-0.4, -0.2) is 21.7 Å². The van der Waals surface area contributed by atoms with Crippen LogP contribution in [0.2, 0.25) is 0 Å². The molecule has 0 saturated heterocycles. The minimum atomic E-state index is 0.496. The zero-order valence-electron chi connectivity index (χ0n) is 15.1. The third-order valence-electron chi connectivity index (χ3n) is 4.08. The number of aryl methyl sites for hydroxylation is 3. The summed E-state index contributed by atoms with van der Waals surface area (Å²) in [5.74, 6) is 1.27. The van der Waals surface area contributed by atoms with Gasteiger partial charge in [0.05, 0.1) is 6.20 Å². The monoisotopic (exact) mass is 333 g/mol. The van der Waals surface area contributed by atoms with Crippen LogP contribution in [0.4, 0.5) is 23.1 Å². The summed E-state index contributed by atoms with van der Waals surface area (Å²) in [6.07, 6.45) is 1.69. The van der Waals surface area contributed by atoms with Crippen molar-refractivity contribution >= 4 is 23.1 Å². The molecular formula is C20H23N5. The SMILES string of the molecule is CCN(c1cccc(C)c1)c1cnnc(Nc2ccc(C)cc2C)n1. The Morgan fingerprint density at radius 1 is 1.00 bits per heavy atom. The maximum absolute atomic E-state index is 4.65. The van der Waals surface area contributed by atoms with Crippen LogP contribution in [0.25, 0.3) is 0 Å². The Bertz CT molecular complexity index is 875. The molecule has 5 heteroatoms. The Kier molecular flexibility index (Phi) is 4.93. The lowest BCUT2D eigenvalue weighted by Gasteiger charge is -2.22. The van der Waals surface area contributed by atoms with E-state index in [0.29, 0.717) is 5.95 Å². The molecule has 0 radical (unpaired) electrons. The lowest BCUT2D eigenvalue weighted by molar-refractivity contribution is 0.921. The Hall–Kier alpha value is -2.95. The zero-order chi connectivity index (χ0) is 17.8. The van der Waals surface area contributed by atoms with Crippen molar-refractivity contribution in [3.63, 3.8) is 0 Å². The van der Waals surface area contributed by atoms with Gasteiger partial charge >= 0.3 is 0 Å². The van der Waals surface area contributed by atoms with Gasteiger partial charge in [-0.1, -0.05) is 29.8 Å². The molecule has 0 amide bonds. The molecule has 0 aliphatic rings. The molecule has 3 aromatic rings. The molecule has 1 aromatic heterocycles. The summed E-state index contributed by atoms with van der Waals surface area (Å²) in [6, 6.07) is 14.6. The Balaban J connectivity index is 1.90. The largest absolute Gasteiger partial charge is 0.325 e. The predicted molar refractivity (Wildman–Crippen MR) is 103 cm³/mol. The Morgan fingerprint density at radius 2 is 1.80 bits per heavy atom. The van der Waals surface area contributed by atoms with Gasteiger partial charge < -0.3 is 10.2 Å². The van der Waals surface area contributed by atoms with E-state index in [-0.39, 0.29) is 0 Å². The number of benzene rings is 2. The molecule has 0 unspecified atom stereocenters. The van der Waals surface area contributed by atoms with Gasteiger partial charge in [0.2, 0.25) is 5.95 Å². The zero-order valence-corrected chi connectivity index (χ0v) is 15.1. The third kappa shape index (κ3) is 3.94. The highest BCUT2D eigenvalue weighted by Crippen LogP contribution is 2.25. The van der Waals surface area contributed by atoms with E-state index in [4.69, 9.17) is 0 Å². The average Bonchev–Trinajstić information content (AvgIpc) is 2.59. The van der Waals surface area contributed by atoms with Crippen molar-refractivity contribution in [1.82, 2.24) is 15.2 Å². The molecule has 1 N–H and O–H groups in total. The van der Waals surface area contributed by atoms with Crippen LogP contribution in [-0.2, 0) is 0 Å². The summed E-state index contributed by atoms with van der Waals surface area (Å²) in [5.41, 5.74) is 5.68. The molecule has 0 spiro atoms. The molecule has 0 aliphatic carbocycles. The van der Waals surface area contributed by atoms with Crippen LogP contribution >= 0.6 is 0 Å². The Morgan fingerprint density at radius 3 is 2.52 bits per heavy atom. The second kappa shape index (κ2) is 7.30. The second-order valence-corrected chi connectivity index (χ2v) is 6.16. The van der Waals surface area contributed by atoms with E-state index in [2.05, 4.69) is 89.5 Å². The van der Waals surface area contributed by atoms with Gasteiger partial charge in [-0.15, -0.1) is 5.10 Å². The van der Waals surface area contributed by atoms with Crippen molar-refractivity contribution in [2.45, 2.75) is 27.7 Å². The minimum absolute atomic E-state index is 0.496. The highest BCUT2D eigenvalue weighted by atomic mass is 15.3. The molecule has 0 atom stereocenters. The normalized spacial score (nSPS) is 10.6. The molecule has 0 fully saturated rings. The van der Waals surface area contributed by atoms with Crippen molar-refractivity contribution in [3.05, 3.63) is 65.4 Å². The van der Waals surface area contributed by atoms with E-state index in [0.717, 1.165) is 29.3 Å². The van der Waals surface area contributed by atoms with Crippen molar-refractivity contribution in [2.75, 3.05) is 16.8 Å². The van der Waals surface area contributed by atoms with Gasteiger partial charge in [-0.25, -0.2) is 0 Å². The van der Waals surface area contributed by atoms with E-state index in [9.17, 15) is 0 Å². The quantitative estimate of drug-likeness (QED) is 0.733. The van der Waals surface area contributed by atoms with Crippen LogP contribution in [0.15, 0.2) is 48.7 Å². The van der Waals surface area contributed by atoms with E-state index >= 15 is 0 Å². The molecular weight excluding hydrogens is 310 g/mol. The second-order valence-electron chi connectivity index (χ2n) is 6.16. The molecule has 0 saturated carbocycles. The average molecular weight is 333 g/mol. The van der Waals surface area contributed by atoms with Gasteiger partial charge in [0.1, 0.15) is 0 Å². The molecule has 2 aromatic carbocycles. The fraction of sp³-hybridized carbons (Fsp3) is 0.250. The summed E-state index contributed by atoms with van der Waals surface area (Å²) in [4.78, 5) is 6.77. The van der Waals surface area contributed by atoms with Gasteiger partial charge in [0, 0.05) is 17.9 Å². The van der Waals surface area contributed by atoms with Crippen LogP contribution in [0.1, 0.15) is 23.6 Å². The van der Waals surface area contributed by atoms with Gasteiger partial charge in [-0.2, -0.15) is 10.1 Å². The predicted octanol–water partition coefficient (Wildman–Crippen LogP) is 4.70. The lowest BCUT2D eigenvalue weighted by Crippen LogP contribution is -2.18. The number of nitrogens with one attached hydrogen (secondary N) is 1. The summed E-state index contributed by atoms with van der Waals surface area (Å²) < 4.78 is 0. The van der Waals surface area contributed by atoms with Gasteiger partial charge in [0.15, 0.2) is 5.82 Å². The number of nitrogens with zero attached hydrogens (tertiary/aromatic N) is 4. The first-order chi connectivity index (χ1) is 12.1. The standard InChI is InChI=1S/C20H23N5/c1-5-25(17-8-6-7-14(2)12-17)19-13-21-24-20(23-19)22-18-10-9-15(3)11-16(18)4/h6-13H,5H2,1-4H3,(H,22,23,24). The van der Waals surface area contributed by atoms with Crippen LogP contribution in [0.3, 0.4) is 0 Å². The fourth-order valence-electron chi connectivity index (χ4n) is 2.82. The number of aromatic nitrogens is 3. The molecule has 128 valence electrons. The minimum Gasteiger partial charge on any atom is -0.325 e. The van der Waals surface area contributed by atoms with E-state index in [1.54, 1.807) is 6.20 Å². The van der Waals surface area contributed by atoms with Crippen molar-refractivity contribution < 1.29 is 0 Å². The smallest absolute Gasteiger partial charge is 0.249 e. The third-order valence-corrected chi connectivity index (χ3v) is 4.08. The maximum Gasteiger partial charge on any atom is 0.249 e. The number of anilines is 4. The summed E-state index contributed by atoms with van der Waals surface area (Å²) in [6.45, 7) is 9.13. The summed E-state index contributed by atoms with van der Waals surface area (Å²) >= 11 is 0. The van der Waals surface area contributed by atoms with Crippen molar-refractivity contribution in [3.8, 4) is 0 Å². The van der Waals surface area contributed by atoms with E-state index in [1.807, 2.05) is 6.07 Å². The first-order valence-corrected chi connectivity index (χ1v) is 8.45. The molecule has 0 aliphatic heterocycles. The van der Waals surface area contributed by atoms with Crippen molar-refractivity contribution in [2.24, 2.45) is 0 Å². The molecule has 3 rings (SSSR count). The van der Waals surface area contributed by atoms with Gasteiger partial charge in [-0.05, 0) is 57.0 Å². The summed E-state index contributed by atoms with van der Waals surface area (Å²) in [7, 11) is 0. The highest BCUT2D eigenvalue weighted by Gasteiger charge is 2.11. The Labute approximate surface area is 148 Å². The van der Waals surface area contributed by atoms with Crippen LogP contribution in [0, 0.1) is 20.8 Å².